The van der Waals surface area contributed by atoms with E-state index in [1.165, 1.54) is 5.56 Å². The maximum atomic E-state index is 5.87. The molecule has 3 N–H and O–H groups in total. The van der Waals surface area contributed by atoms with Gasteiger partial charge in [-0.2, -0.15) is 0 Å². The molecule has 0 amide bonds. The predicted molar refractivity (Wildman–Crippen MR) is 74.0 cm³/mol. The summed E-state index contributed by atoms with van der Waals surface area (Å²) in [7, 11) is 0. The number of hydrogen-bond acceptors (Lipinski definition) is 1. The van der Waals surface area contributed by atoms with Gasteiger partial charge >= 0.3 is 0 Å². The van der Waals surface area contributed by atoms with Gasteiger partial charge in [-0.1, -0.05) is 50.6 Å². The minimum absolute atomic E-state index is 0.266. The van der Waals surface area contributed by atoms with Crippen LogP contribution in [-0.4, -0.2) is 12.5 Å². The first kappa shape index (κ1) is 13.6. The van der Waals surface area contributed by atoms with Crippen LogP contribution in [0.25, 0.3) is 0 Å². The smallest absolute Gasteiger partial charge is 0.189 e. The Morgan fingerprint density at radius 2 is 1.94 bits per heavy atom. The molecule has 1 aromatic rings. The summed E-state index contributed by atoms with van der Waals surface area (Å²) in [5.41, 5.74) is 7.13. The molecule has 0 aliphatic carbocycles. The summed E-state index contributed by atoms with van der Waals surface area (Å²) in [4.78, 5) is 4.27. The topological polar surface area (TPSA) is 50.4 Å². The highest BCUT2D eigenvalue weighted by Gasteiger charge is 2.10. The van der Waals surface area contributed by atoms with Gasteiger partial charge in [-0.15, -0.1) is 0 Å². The van der Waals surface area contributed by atoms with Gasteiger partial charge in [0, 0.05) is 6.54 Å². The van der Waals surface area contributed by atoms with Crippen molar-refractivity contribution < 1.29 is 0 Å². The van der Waals surface area contributed by atoms with Crippen molar-refractivity contribution in [3.63, 3.8) is 0 Å². The van der Waals surface area contributed by atoms with Crippen LogP contribution in [0.2, 0.25) is 0 Å². The van der Waals surface area contributed by atoms with Crippen molar-refractivity contribution in [1.29, 1.82) is 0 Å². The minimum Gasteiger partial charge on any atom is -0.370 e. The molecule has 0 aliphatic heterocycles. The summed E-state index contributed by atoms with van der Waals surface area (Å²) in [5, 5.41) is 3.30. The Bertz CT molecular complexity index is 333. The van der Waals surface area contributed by atoms with Crippen LogP contribution in [0.1, 0.15) is 44.7 Å². The van der Waals surface area contributed by atoms with Gasteiger partial charge in [-0.25, -0.2) is 0 Å². The van der Waals surface area contributed by atoms with E-state index in [-0.39, 0.29) is 6.04 Å². The van der Waals surface area contributed by atoms with Gasteiger partial charge in [0.25, 0.3) is 0 Å². The number of nitrogens with one attached hydrogen (secondary N) is 1. The van der Waals surface area contributed by atoms with Crippen molar-refractivity contribution in [2.75, 3.05) is 6.54 Å². The van der Waals surface area contributed by atoms with E-state index in [4.69, 9.17) is 5.73 Å². The van der Waals surface area contributed by atoms with E-state index in [0.29, 0.717) is 5.96 Å². The standard InChI is InChI=1S/C14H23N3/c1-3-8-13(12-9-6-5-7-10-12)17-14(15)16-11-4-2/h5-7,9-10,13H,3-4,8,11H2,1-2H3,(H3,15,16,17). The molecule has 1 unspecified atom stereocenters. The Balaban J connectivity index is 2.67. The molecule has 3 heteroatoms. The summed E-state index contributed by atoms with van der Waals surface area (Å²) in [6.45, 7) is 5.06. The SMILES string of the molecule is CCCN=C(N)NC(CCC)c1ccccc1. The Labute approximate surface area is 104 Å². The molecule has 0 spiro atoms. The Hall–Kier alpha value is -1.51. The van der Waals surface area contributed by atoms with Crippen LogP contribution in [0.4, 0.5) is 0 Å². The average Bonchev–Trinajstić information content (AvgIpc) is 2.37. The van der Waals surface area contributed by atoms with Crippen LogP contribution in [0.15, 0.2) is 35.3 Å². The summed E-state index contributed by atoms with van der Waals surface area (Å²) < 4.78 is 0. The molecule has 0 heterocycles. The lowest BCUT2D eigenvalue weighted by molar-refractivity contribution is 0.577. The molecule has 1 rings (SSSR count). The lowest BCUT2D eigenvalue weighted by Crippen LogP contribution is -2.35. The molecule has 3 nitrogen and oxygen atoms in total. The monoisotopic (exact) mass is 233 g/mol. The molecule has 0 aliphatic rings. The zero-order chi connectivity index (χ0) is 12.5. The fourth-order valence-corrected chi connectivity index (χ4v) is 1.75. The van der Waals surface area contributed by atoms with Crippen molar-refractivity contribution >= 4 is 5.96 Å². The van der Waals surface area contributed by atoms with Crippen molar-refractivity contribution in [1.82, 2.24) is 5.32 Å². The van der Waals surface area contributed by atoms with Gasteiger partial charge in [0.15, 0.2) is 5.96 Å². The van der Waals surface area contributed by atoms with Crippen molar-refractivity contribution in [3.05, 3.63) is 35.9 Å². The quantitative estimate of drug-likeness (QED) is 0.586. The number of rotatable bonds is 6. The highest BCUT2D eigenvalue weighted by molar-refractivity contribution is 5.78. The predicted octanol–water partition coefficient (Wildman–Crippen LogP) is 2.84. The van der Waals surface area contributed by atoms with E-state index in [2.05, 4.69) is 48.4 Å². The van der Waals surface area contributed by atoms with E-state index >= 15 is 0 Å². The second-order valence-electron chi connectivity index (χ2n) is 4.16. The number of benzene rings is 1. The first-order valence-corrected chi connectivity index (χ1v) is 6.39. The molecule has 1 aromatic carbocycles. The number of nitrogens with two attached hydrogens (primary N) is 1. The Kier molecular flexibility index (Phi) is 6.15. The average molecular weight is 233 g/mol. The molecule has 94 valence electrons. The van der Waals surface area contributed by atoms with Gasteiger partial charge in [-0.05, 0) is 18.4 Å². The van der Waals surface area contributed by atoms with E-state index in [0.717, 1.165) is 25.8 Å². The third-order valence-electron chi connectivity index (χ3n) is 2.61. The van der Waals surface area contributed by atoms with Crippen molar-refractivity contribution in [3.8, 4) is 0 Å². The van der Waals surface area contributed by atoms with E-state index in [1.54, 1.807) is 0 Å². The molecular formula is C14H23N3. The van der Waals surface area contributed by atoms with E-state index in [9.17, 15) is 0 Å². The van der Waals surface area contributed by atoms with E-state index in [1.807, 2.05) is 6.07 Å². The second kappa shape index (κ2) is 7.71. The van der Waals surface area contributed by atoms with Gasteiger partial charge < -0.3 is 11.1 Å². The molecule has 0 bridgehead atoms. The third-order valence-corrected chi connectivity index (χ3v) is 2.61. The minimum atomic E-state index is 0.266. The van der Waals surface area contributed by atoms with Crippen LogP contribution in [0.3, 0.4) is 0 Å². The Morgan fingerprint density at radius 1 is 1.24 bits per heavy atom. The van der Waals surface area contributed by atoms with Gasteiger partial charge in [0.1, 0.15) is 0 Å². The van der Waals surface area contributed by atoms with Crippen LogP contribution in [0, 0.1) is 0 Å². The first-order chi connectivity index (χ1) is 8.27. The van der Waals surface area contributed by atoms with Crippen molar-refractivity contribution in [2.24, 2.45) is 10.7 Å². The summed E-state index contributed by atoms with van der Waals surface area (Å²) >= 11 is 0. The number of nitrogens with zero attached hydrogens (tertiary/aromatic N) is 1. The lowest BCUT2D eigenvalue weighted by atomic mass is 10.0. The fraction of sp³-hybridized carbons (Fsp3) is 0.500. The second-order valence-corrected chi connectivity index (χ2v) is 4.16. The fourth-order valence-electron chi connectivity index (χ4n) is 1.75. The van der Waals surface area contributed by atoms with Crippen molar-refractivity contribution in [2.45, 2.75) is 39.2 Å². The van der Waals surface area contributed by atoms with E-state index < -0.39 is 0 Å². The largest absolute Gasteiger partial charge is 0.370 e. The zero-order valence-electron chi connectivity index (χ0n) is 10.8. The van der Waals surface area contributed by atoms with Crippen LogP contribution >= 0.6 is 0 Å². The number of guanidine groups is 1. The normalized spacial score (nSPS) is 13.4. The van der Waals surface area contributed by atoms with Gasteiger partial charge in [-0.3, -0.25) is 4.99 Å². The maximum absolute atomic E-state index is 5.87. The number of aliphatic imine (C=N–C) groups is 1. The molecule has 0 saturated carbocycles. The first-order valence-electron chi connectivity index (χ1n) is 6.39. The molecule has 1 atom stereocenters. The van der Waals surface area contributed by atoms with Crippen LogP contribution < -0.4 is 11.1 Å². The van der Waals surface area contributed by atoms with Gasteiger partial charge in [0.05, 0.1) is 6.04 Å². The molecule has 0 saturated heterocycles. The molecule has 0 fully saturated rings. The summed E-state index contributed by atoms with van der Waals surface area (Å²) in [6, 6.07) is 10.7. The third kappa shape index (κ3) is 4.89. The summed E-state index contributed by atoms with van der Waals surface area (Å²) in [6.07, 6.45) is 3.20. The maximum Gasteiger partial charge on any atom is 0.189 e. The number of hydrogen-bond donors (Lipinski definition) is 2. The molecule has 0 radical (unpaired) electrons. The highest BCUT2D eigenvalue weighted by Crippen LogP contribution is 2.17. The van der Waals surface area contributed by atoms with Gasteiger partial charge in [0.2, 0.25) is 0 Å². The van der Waals surface area contributed by atoms with Crippen LogP contribution in [-0.2, 0) is 0 Å². The molecule has 0 aromatic heterocycles. The molecular weight excluding hydrogens is 210 g/mol. The van der Waals surface area contributed by atoms with Crippen LogP contribution in [0.5, 0.6) is 0 Å². The lowest BCUT2D eigenvalue weighted by Gasteiger charge is -2.19. The molecule has 17 heavy (non-hydrogen) atoms. The zero-order valence-corrected chi connectivity index (χ0v) is 10.8. The summed E-state index contributed by atoms with van der Waals surface area (Å²) in [5.74, 6) is 0.550. The highest BCUT2D eigenvalue weighted by atomic mass is 15.1. The Morgan fingerprint density at radius 3 is 2.53 bits per heavy atom.